The molecule has 1 fully saturated rings. The first kappa shape index (κ1) is 13.9. The fourth-order valence-electron chi connectivity index (χ4n) is 2.55. The van der Waals surface area contributed by atoms with Crippen LogP contribution in [0.3, 0.4) is 0 Å². The molecule has 0 aromatic heterocycles. The van der Waals surface area contributed by atoms with Gasteiger partial charge in [-0.15, -0.1) is 0 Å². The second-order valence-electron chi connectivity index (χ2n) is 4.99. The summed E-state index contributed by atoms with van der Waals surface area (Å²) >= 11 is 6.06. The van der Waals surface area contributed by atoms with Crippen molar-refractivity contribution in [1.29, 1.82) is 5.26 Å². The summed E-state index contributed by atoms with van der Waals surface area (Å²) in [5.41, 5.74) is 1.52. The van der Waals surface area contributed by atoms with Crippen LogP contribution in [-0.2, 0) is 0 Å². The molecule has 0 heterocycles. The normalized spacial score (nSPS) is 15.2. The van der Waals surface area contributed by atoms with Crippen LogP contribution in [0.25, 0.3) is 0 Å². The van der Waals surface area contributed by atoms with Gasteiger partial charge in [0.1, 0.15) is 6.54 Å². The molecule has 1 amide bonds. The van der Waals surface area contributed by atoms with E-state index in [1.165, 1.54) is 0 Å². The average Bonchev–Trinajstić information content (AvgIpc) is 2.92. The molecule has 1 aliphatic rings. The largest absolute Gasteiger partial charge is 0.322 e. The van der Waals surface area contributed by atoms with Crippen LogP contribution in [0.1, 0.15) is 41.6 Å². The summed E-state index contributed by atoms with van der Waals surface area (Å²) in [6.07, 6.45) is 4.25. The summed E-state index contributed by atoms with van der Waals surface area (Å²) in [6, 6.07) is 7.61. The minimum atomic E-state index is -0.0876. The lowest BCUT2D eigenvalue weighted by Gasteiger charge is -2.26. The molecule has 2 rings (SSSR count). The lowest BCUT2D eigenvalue weighted by molar-refractivity contribution is 0.0709. The number of carbonyl (C=O) groups is 1. The molecule has 3 nitrogen and oxygen atoms in total. The Bertz CT molecular complexity index is 515. The number of carbonyl (C=O) groups excluding carboxylic acids is 1. The summed E-state index contributed by atoms with van der Waals surface area (Å²) < 4.78 is 0. The molecule has 0 spiro atoms. The zero-order valence-electron chi connectivity index (χ0n) is 11.0. The molecule has 0 unspecified atom stereocenters. The molecule has 0 atom stereocenters. The van der Waals surface area contributed by atoms with E-state index in [0.717, 1.165) is 31.2 Å². The van der Waals surface area contributed by atoms with Gasteiger partial charge >= 0.3 is 0 Å². The summed E-state index contributed by atoms with van der Waals surface area (Å²) in [5.74, 6) is -0.0876. The maximum absolute atomic E-state index is 12.5. The SMILES string of the molecule is Cc1ccc(C(=O)N(CC#N)C2CCCC2)cc1Cl. The highest BCUT2D eigenvalue weighted by molar-refractivity contribution is 6.31. The number of aryl methyl sites for hydroxylation is 1. The maximum Gasteiger partial charge on any atom is 0.255 e. The van der Waals surface area contributed by atoms with Crippen LogP contribution in [0.5, 0.6) is 0 Å². The molecule has 0 saturated heterocycles. The van der Waals surface area contributed by atoms with Gasteiger partial charge in [0.15, 0.2) is 0 Å². The highest BCUT2D eigenvalue weighted by Crippen LogP contribution is 2.25. The van der Waals surface area contributed by atoms with Crippen molar-refractivity contribution in [2.24, 2.45) is 0 Å². The van der Waals surface area contributed by atoms with E-state index in [1.807, 2.05) is 13.0 Å². The first-order chi connectivity index (χ1) is 9.13. The van der Waals surface area contributed by atoms with Gasteiger partial charge in [-0.2, -0.15) is 5.26 Å². The van der Waals surface area contributed by atoms with Crippen molar-refractivity contribution in [3.8, 4) is 6.07 Å². The Morgan fingerprint density at radius 3 is 2.74 bits per heavy atom. The molecule has 0 N–H and O–H groups in total. The van der Waals surface area contributed by atoms with Crippen LogP contribution >= 0.6 is 11.6 Å². The molecule has 19 heavy (non-hydrogen) atoms. The Hall–Kier alpha value is -1.53. The van der Waals surface area contributed by atoms with Crippen molar-refractivity contribution < 1.29 is 4.79 Å². The third-order valence-corrected chi connectivity index (χ3v) is 4.09. The van der Waals surface area contributed by atoms with Gasteiger partial charge in [0.25, 0.3) is 5.91 Å². The number of nitriles is 1. The molecule has 0 radical (unpaired) electrons. The third kappa shape index (κ3) is 3.08. The Morgan fingerprint density at radius 2 is 2.16 bits per heavy atom. The minimum Gasteiger partial charge on any atom is -0.322 e. The molecular formula is C15H17ClN2O. The van der Waals surface area contributed by atoms with Crippen LogP contribution in [0.2, 0.25) is 5.02 Å². The predicted octanol–water partition coefficient (Wildman–Crippen LogP) is 3.56. The van der Waals surface area contributed by atoms with Crippen molar-refractivity contribution in [3.63, 3.8) is 0 Å². The van der Waals surface area contributed by atoms with Gasteiger partial charge in [-0.25, -0.2) is 0 Å². The van der Waals surface area contributed by atoms with Gasteiger partial charge in [0, 0.05) is 16.6 Å². The van der Waals surface area contributed by atoms with Crippen molar-refractivity contribution in [3.05, 3.63) is 34.3 Å². The predicted molar refractivity (Wildman–Crippen MR) is 75.1 cm³/mol. The third-order valence-electron chi connectivity index (χ3n) is 3.69. The Labute approximate surface area is 118 Å². The molecule has 1 aliphatic carbocycles. The topological polar surface area (TPSA) is 44.1 Å². The number of benzene rings is 1. The van der Waals surface area contributed by atoms with E-state index >= 15 is 0 Å². The van der Waals surface area contributed by atoms with E-state index < -0.39 is 0 Å². The van der Waals surface area contributed by atoms with Gasteiger partial charge in [-0.05, 0) is 37.5 Å². The molecule has 0 aliphatic heterocycles. The van der Waals surface area contributed by atoms with Crippen molar-refractivity contribution >= 4 is 17.5 Å². The zero-order chi connectivity index (χ0) is 13.8. The fraction of sp³-hybridized carbons (Fsp3) is 0.467. The first-order valence-corrected chi connectivity index (χ1v) is 6.95. The lowest BCUT2D eigenvalue weighted by atomic mass is 10.1. The molecule has 4 heteroatoms. The van der Waals surface area contributed by atoms with E-state index in [-0.39, 0.29) is 18.5 Å². The van der Waals surface area contributed by atoms with Crippen LogP contribution < -0.4 is 0 Å². The van der Waals surface area contributed by atoms with Gasteiger partial charge in [-0.1, -0.05) is 30.5 Å². The van der Waals surface area contributed by atoms with E-state index in [9.17, 15) is 4.79 Å². The molecule has 1 aromatic carbocycles. The van der Waals surface area contributed by atoms with Crippen molar-refractivity contribution in [2.45, 2.75) is 38.6 Å². The van der Waals surface area contributed by atoms with Crippen LogP contribution in [0, 0.1) is 18.3 Å². The number of halogens is 1. The van der Waals surface area contributed by atoms with E-state index in [0.29, 0.717) is 10.6 Å². The highest BCUT2D eigenvalue weighted by Gasteiger charge is 2.27. The van der Waals surface area contributed by atoms with E-state index in [1.54, 1.807) is 17.0 Å². The highest BCUT2D eigenvalue weighted by atomic mass is 35.5. The Kier molecular flexibility index (Phi) is 4.44. The van der Waals surface area contributed by atoms with E-state index in [2.05, 4.69) is 6.07 Å². The summed E-state index contributed by atoms with van der Waals surface area (Å²) in [5, 5.41) is 9.51. The molecular weight excluding hydrogens is 260 g/mol. The maximum atomic E-state index is 12.5. The monoisotopic (exact) mass is 276 g/mol. The average molecular weight is 277 g/mol. The number of rotatable bonds is 3. The molecule has 1 aromatic rings. The van der Waals surface area contributed by atoms with Crippen LogP contribution in [0.15, 0.2) is 18.2 Å². The number of hydrogen-bond acceptors (Lipinski definition) is 2. The van der Waals surface area contributed by atoms with Gasteiger partial charge in [0.05, 0.1) is 6.07 Å². The number of amides is 1. The fourth-order valence-corrected chi connectivity index (χ4v) is 2.73. The second kappa shape index (κ2) is 6.08. The summed E-state index contributed by atoms with van der Waals surface area (Å²) in [7, 11) is 0. The Balaban J connectivity index is 2.23. The summed E-state index contributed by atoms with van der Waals surface area (Å²) in [6.45, 7) is 2.05. The molecule has 100 valence electrons. The zero-order valence-corrected chi connectivity index (χ0v) is 11.8. The molecule has 0 bridgehead atoms. The standard InChI is InChI=1S/C15H17ClN2O/c1-11-6-7-12(10-14(11)16)15(19)18(9-8-17)13-4-2-3-5-13/h6-7,10,13H,2-5,9H2,1H3. The minimum absolute atomic E-state index is 0.0876. The second-order valence-corrected chi connectivity index (χ2v) is 5.40. The Morgan fingerprint density at radius 1 is 1.47 bits per heavy atom. The summed E-state index contributed by atoms with van der Waals surface area (Å²) in [4.78, 5) is 14.2. The van der Waals surface area contributed by atoms with Crippen LogP contribution in [0.4, 0.5) is 0 Å². The smallest absolute Gasteiger partial charge is 0.255 e. The van der Waals surface area contributed by atoms with Crippen molar-refractivity contribution in [1.82, 2.24) is 4.90 Å². The van der Waals surface area contributed by atoms with Gasteiger partial charge in [0.2, 0.25) is 0 Å². The number of hydrogen-bond donors (Lipinski definition) is 0. The molecule has 1 saturated carbocycles. The van der Waals surface area contributed by atoms with E-state index in [4.69, 9.17) is 16.9 Å². The lowest BCUT2D eigenvalue weighted by Crippen LogP contribution is -2.39. The van der Waals surface area contributed by atoms with Gasteiger partial charge < -0.3 is 4.90 Å². The van der Waals surface area contributed by atoms with Crippen molar-refractivity contribution in [2.75, 3.05) is 6.54 Å². The quantitative estimate of drug-likeness (QED) is 0.793. The van der Waals surface area contributed by atoms with Gasteiger partial charge in [-0.3, -0.25) is 4.79 Å². The number of nitrogens with zero attached hydrogens (tertiary/aromatic N) is 2. The first-order valence-electron chi connectivity index (χ1n) is 6.57. The van der Waals surface area contributed by atoms with Crippen LogP contribution in [-0.4, -0.2) is 23.4 Å².